The highest BCUT2D eigenvalue weighted by Gasteiger charge is 2.46. The van der Waals surface area contributed by atoms with Gasteiger partial charge in [-0.25, -0.2) is 4.79 Å². The van der Waals surface area contributed by atoms with Crippen LogP contribution < -0.4 is 5.32 Å². The number of aryl methyl sites for hydroxylation is 1. The van der Waals surface area contributed by atoms with Gasteiger partial charge in [-0.15, -0.1) is 0 Å². The fourth-order valence-electron chi connectivity index (χ4n) is 4.37. The van der Waals surface area contributed by atoms with Crippen LogP contribution in [0.4, 0.5) is 4.79 Å². The SMILES string of the molecule is CCc1ccccc1CC(NC(C)=O)C(O)C1COC(OCC(C)(C)C)C(C)N1C(=O)OC(C)(C)C. The molecule has 8 nitrogen and oxygen atoms in total. The van der Waals surface area contributed by atoms with Crippen LogP contribution in [-0.4, -0.2) is 71.3 Å². The number of aliphatic hydroxyl groups is 1. The highest BCUT2D eigenvalue weighted by Crippen LogP contribution is 2.28. The van der Waals surface area contributed by atoms with E-state index in [-0.39, 0.29) is 17.9 Å². The van der Waals surface area contributed by atoms with Gasteiger partial charge in [0.15, 0.2) is 6.29 Å². The summed E-state index contributed by atoms with van der Waals surface area (Å²) in [6.45, 7) is 17.4. The van der Waals surface area contributed by atoms with Crippen LogP contribution in [0.5, 0.6) is 0 Å². The summed E-state index contributed by atoms with van der Waals surface area (Å²) in [6.07, 6.45) is -1.07. The highest BCUT2D eigenvalue weighted by atomic mass is 16.7. The first kappa shape index (κ1) is 30.1. The molecule has 5 unspecified atom stereocenters. The Morgan fingerprint density at radius 3 is 2.31 bits per heavy atom. The van der Waals surface area contributed by atoms with Crippen molar-refractivity contribution in [2.45, 2.75) is 111 Å². The normalized spacial score (nSPS) is 22.6. The van der Waals surface area contributed by atoms with Gasteiger partial charge in [0, 0.05) is 6.92 Å². The number of nitrogens with zero attached hydrogens (tertiary/aromatic N) is 1. The summed E-state index contributed by atoms with van der Waals surface area (Å²) < 4.78 is 17.8. The maximum absolute atomic E-state index is 13.4. The summed E-state index contributed by atoms with van der Waals surface area (Å²) >= 11 is 0. The van der Waals surface area contributed by atoms with E-state index >= 15 is 0 Å². The fourth-order valence-corrected chi connectivity index (χ4v) is 4.37. The van der Waals surface area contributed by atoms with Gasteiger partial charge in [0.1, 0.15) is 5.60 Å². The van der Waals surface area contributed by atoms with Crippen LogP contribution in [0, 0.1) is 5.41 Å². The predicted octanol–water partition coefficient (Wildman–Crippen LogP) is 4.07. The summed E-state index contributed by atoms with van der Waals surface area (Å²) in [5.41, 5.74) is 1.38. The molecule has 36 heavy (non-hydrogen) atoms. The Morgan fingerprint density at radius 2 is 1.78 bits per heavy atom. The standard InChI is InChI=1S/C28H46N2O6/c1-10-20-13-11-12-14-21(20)15-22(29-19(3)31)24(32)23-16-34-25(35-17-27(4,5)6)18(2)30(23)26(33)36-28(7,8)9/h11-14,18,22-25,32H,10,15-17H2,1-9H3,(H,29,31). The van der Waals surface area contributed by atoms with Crippen LogP contribution in [0.1, 0.15) is 73.4 Å². The largest absolute Gasteiger partial charge is 0.444 e. The third-order valence-corrected chi connectivity index (χ3v) is 6.04. The average Bonchev–Trinajstić information content (AvgIpc) is 2.75. The van der Waals surface area contributed by atoms with E-state index in [1.54, 1.807) is 20.8 Å². The maximum Gasteiger partial charge on any atom is 0.411 e. The van der Waals surface area contributed by atoms with Crippen molar-refractivity contribution < 1.29 is 28.9 Å². The van der Waals surface area contributed by atoms with Gasteiger partial charge in [-0.2, -0.15) is 0 Å². The molecule has 8 heteroatoms. The van der Waals surface area contributed by atoms with E-state index in [1.165, 1.54) is 11.8 Å². The van der Waals surface area contributed by atoms with Gasteiger partial charge in [0.25, 0.3) is 0 Å². The van der Waals surface area contributed by atoms with Crippen molar-refractivity contribution in [2.75, 3.05) is 13.2 Å². The van der Waals surface area contributed by atoms with Crippen molar-refractivity contribution in [3.05, 3.63) is 35.4 Å². The molecular formula is C28H46N2O6. The number of nitrogens with one attached hydrogen (secondary N) is 1. The molecular weight excluding hydrogens is 460 g/mol. The molecule has 1 aromatic carbocycles. The molecule has 1 saturated heterocycles. The Balaban J connectivity index is 2.36. The lowest BCUT2D eigenvalue weighted by atomic mass is 9.91. The number of hydrogen-bond donors (Lipinski definition) is 2. The van der Waals surface area contributed by atoms with Crippen LogP contribution in [0.25, 0.3) is 0 Å². The van der Waals surface area contributed by atoms with E-state index < -0.39 is 42.2 Å². The fraction of sp³-hybridized carbons (Fsp3) is 0.714. The predicted molar refractivity (Wildman–Crippen MR) is 140 cm³/mol. The molecule has 204 valence electrons. The van der Waals surface area contributed by atoms with E-state index in [2.05, 4.69) is 33.0 Å². The minimum Gasteiger partial charge on any atom is -0.444 e. The van der Waals surface area contributed by atoms with Crippen molar-refractivity contribution in [3.63, 3.8) is 0 Å². The molecule has 0 radical (unpaired) electrons. The Bertz CT molecular complexity index is 876. The van der Waals surface area contributed by atoms with Gasteiger partial charge in [0.2, 0.25) is 5.91 Å². The van der Waals surface area contributed by atoms with E-state index in [0.717, 1.165) is 17.5 Å². The summed E-state index contributed by atoms with van der Waals surface area (Å²) in [5.74, 6) is -0.256. The van der Waals surface area contributed by atoms with Gasteiger partial charge < -0.3 is 24.6 Å². The lowest BCUT2D eigenvalue weighted by molar-refractivity contribution is -0.233. The zero-order valence-electron chi connectivity index (χ0n) is 23.5. The van der Waals surface area contributed by atoms with Gasteiger partial charge >= 0.3 is 6.09 Å². The zero-order chi connectivity index (χ0) is 27.3. The topological polar surface area (TPSA) is 97.3 Å². The van der Waals surface area contributed by atoms with E-state index in [1.807, 2.05) is 31.2 Å². The van der Waals surface area contributed by atoms with Gasteiger partial charge in [-0.3, -0.25) is 9.69 Å². The van der Waals surface area contributed by atoms with Crippen molar-refractivity contribution >= 4 is 12.0 Å². The Kier molecular flexibility index (Phi) is 10.3. The molecule has 1 aliphatic heterocycles. The molecule has 1 aromatic rings. The third kappa shape index (κ3) is 8.75. The summed E-state index contributed by atoms with van der Waals surface area (Å²) in [4.78, 5) is 27.0. The molecule has 0 aliphatic carbocycles. The number of carbonyl (C=O) groups is 2. The van der Waals surface area contributed by atoms with Gasteiger partial charge in [0.05, 0.1) is 37.4 Å². The Morgan fingerprint density at radius 1 is 1.17 bits per heavy atom. The number of benzene rings is 1. The highest BCUT2D eigenvalue weighted by molar-refractivity contribution is 5.73. The molecule has 2 amide bonds. The number of morpholine rings is 1. The molecule has 0 saturated carbocycles. The van der Waals surface area contributed by atoms with Gasteiger partial charge in [-0.05, 0) is 57.1 Å². The van der Waals surface area contributed by atoms with Crippen molar-refractivity contribution in [1.29, 1.82) is 0 Å². The van der Waals surface area contributed by atoms with Crippen molar-refractivity contribution in [3.8, 4) is 0 Å². The van der Waals surface area contributed by atoms with Crippen LogP contribution in [0.3, 0.4) is 0 Å². The smallest absolute Gasteiger partial charge is 0.411 e. The van der Waals surface area contributed by atoms with Crippen LogP contribution in [0.15, 0.2) is 24.3 Å². The number of rotatable bonds is 8. The zero-order valence-corrected chi connectivity index (χ0v) is 23.5. The minimum atomic E-state index is -1.10. The summed E-state index contributed by atoms with van der Waals surface area (Å²) in [5, 5.41) is 14.5. The number of aliphatic hydroxyl groups excluding tert-OH is 1. The molecule has 2 N–H and O–H groups in total. The second-order valence-electron chi connectivity index (χ2n) is 11.9. The third-order valence-electron chi connectivity index (χ3n) is 6.04. The first-order valence-electron chi connectivity index (χ1n) is 12.9. The number of ether oxygens (including phenoxy) is 3. The molecule has 5 atom stereocenters. The number of amides is 2. The number of hydrogen-bond acceptors (Lipinski definition) is 6. The van der Waals surface area contributed by atoms with Crippen molar-refractivity contribution in [1.82, 2.24) is 10.2 Å². The van der Waals surface area contributed by atoms with Crippen LogP contribution >= 0.6 is 0 Å². The molecule has 1 fully saturated rings. The summed E-state index contributed by atoms with van der Waals surface area (Å²) in [7, 11) is 0. The second-order valence-corrected chi connectivity index (χ2v) is 11.9. The molecule has 0 spiro atoms. The second kappa shape index (κ2) is 12.4. The minimum absolute atomic E-state index is 0.0467. The maximum atomic E-state index is 13.4. The molecule has 0 bridgehead atoms. The van der Waals surface area contributed by atoms with Gasteiger partial charge in [-0.1, -0.05) is 52.0 Å². The van der Waals surface area contributed by atoms with E-state index in [9.17, 15) is 14.7 Å². The first-order valence-corrected chi connectivity index (χ1v) is 12.9. The van der Waals surface area contributed by atoms with Crippen LogP contribution in [-0.2, 0) is 31.8 Å². The lowest BCUT2D eigenvalue weighted by Gasteiger charge is -2.47. The summed E-state index contributed by atoms with van der Waals surface area (Å²) in [6, 6.07) is 6.08. The van der Waals surface area contributed by atoms with E-state index in [4.69, 9.17) is 14.2 Å². The molecule has 1 heterocycles. The van der Waals surface area contributed by atoms with E-state index in [0.29, 0.717) is 13.0 Å². The monoisotopic (exact) mass is 506 g/mol. The molecule has 0 aromatic heterocycles. The molecule has 1 aliphatic rings. The van der Waals surface area contributed by atoms with Crippen molar-refractivity contribution in [2.24, 2.45) is 5.41 Å². The number of carbonyl (C=O) groups excluding carboxylic acids is 2. The first-order chi connectivity index (χ1) is 16.6. The Hall–Kier alpha value is -2.16. The molecule has 2 rings (SSSR count). The Labute approximate surface area is 216 Å². The van der Waals surface area contributed by atoms with Crippen LogP contribution in [0.2, 0.25) is 0 Å². The average molecular weight is 507 g/mol. The lowest BCUT2D eigenvalue weighted by Crippen LogP contribution is -2.66. The quantitative estimate of drug-likeness (QED) is 0.552.